The molecule has 4 aromatic rings. The van der Waals surface area contributed by atoms with Gasteiger partial charge < -0.3 is 19.9 Å². The molecule has 0 bridgehead atoms. The number of aliphatic hydroxyl groups excluding tert-OH is 2. The number of hydrogen-bond acceptors (Lipinski definition) is 5. The van der Waals surface area contributed by atoms with E-state index in [4.69, 9.17) is 9.84 Å². The molecule has 0 saturated carbocycles. The van der Waals surface area contributed by atoms with E-state index < -0.39 is 35.1 Å². The van der Waals surface area contributed by atoms with Gasteiger partial charge in [-0.1, -0.05) is 0 Å². The van der Waals surface area contributed by atoms with Crippen LogP contribution in [0.4, 0.5) is 17.6 Å². The number of hydrogen-bond donors (Lipinski definition) is 4. The third kappa shape index (κ3) is 4.63. The Morgan fingerprint density at radius 2 is 1.52 bits per heavy atom. The van der Waals surface area contributed by atoms with E-state index in [1.165, 1.54) is 0 Å². The summed E-state index contributed by atoms with van der Waals surface area (Å²) in [5, 5.41) is 20.6. The normalized spacial score (nSPS) is 20.5. The molecule has 2 aliphatic rings. The minimum Gasteiger partial charge on any atom is -0.394 e. The summed E-state index contributed by atoms with van der Waals surface area (Å²) < 4.78 is 60.7. The van der Waals surface area contributed by atoms with Gasteiger partial charge in [0, 0.05) is 34.3 Å². The zero-order valence-electron chi connectivity index (χ0n) is 21.8. The van der Waals surface area contributed by atoms with E-state index in [-0.39, 0.29) is 63.5 Å². The van der Waals surface area contributed by atoms with Gasteiger partial charge in [0.1, 0.15) is 0 Å². The number of aromatic nitrogens is 1. The van der Waals surface area contributed by atoms with Crippen LogP contribution >= 0.6 is 0 Å². The van der Waals surface area contributed by atoms with Crippen molar-refractivity contribution in [2.45, 2.75) is 51.9 Å². The van der Waals surface area contributed by atoms with Gasteiger partial charge in [0.25, 0.3) is 11.8 Å². The van der Waals surface area contributed by atoms with Crippen molar-refractivity contribution in [1.82, 2.24) is 10.3 Å². The zero-order chi connectivity index (χ0) is 29.0. The molecule has 2 amide bonds. The first-order valence-electron chi connectivity index (χ1n) is 12.6. The lowest BCUT2D eigenvalue weighted by molar-refractivity contribution is -0.104. The first kappa shape index (κ1) is 27.8. The van der Waals surface area contributed by atoms with Crippen molar-refractivity contribution in [2.75, 3.05) is 6.61 Å². The van der Waals surface area contributed by atoms with Crippen LogP contribution in [0.5, 0.6) is 0 Å². The molecular weight excluding hydrogens is 532 g/mol. The first-order valence-corrected chi connectivity index (χ1v) is 12.6. The molecule has 3 heterocycles. The van der Waals surface area contributed by atoms with E-state index in [0.717, 1.165) is 24.3 Å². The fourth-order valence-corrected chi connectivity index (χ4v) is 5.57. The summed E-state index contributed by atoms with van der Waals surface area (Å²) in [6.07, 6.45) is 0.901. The molecule has 11 heteroatoms. The summed E-state index contributed by atoms with van der Waals surface area (Å²) in [5.41, 5.74) is 1.90. The molecule has 1 saturated heterocycles. The Balaban J connectivity index is 0.000000274. The third-order valence-corrected chi connectivity index (χ3v) is 7.32. The van der Waals surface area contributed by atoms with Crippen LogP contribution < -0.4 is 5.32 Å². The molecule has 0 spiro atoms. The van der Waals surface area contributed by atoms with Gasteiger partial charge in [-0.05, 0) is 62.1 Å². The van der Waals surface area contributed by atoms with Crippen molar-refractivity contribution in [3.63, 3.8) is 0 Å². The van der Waals surface area contributed by atoms with Crippen LogP contribution in [0.15, 0.2) is 24.3 Å². The molecule has 0 aliphatic carbocycles. The lowest BCUT2D eigenvalue weighted by atomic mass is 9.87. The summed E-state index contributed by atoms with van der Waals surface area (Å²) in [4.78, 5) is 28.3. The SMILES string of the molecule is CC1CC(O)CC(CO)O1.Cc1cc(F)c(F)cc1-c1c2c(c3c([nH]c4cc(F)c(F)cc43)c1C)C(=O)NC2=O. The van der Waals surface area contributed by atoms with Crippen LogP contribution in [0, 0.1) is 37.1 Å². The van der Waals surface area contributed by atoms with E-state index in [9.17, 15) is 32.3 Å². The van der Waals surface area contributed by atoms with Crippen LogP contribution in [0.3, 0.4) is 0 Å². The Morgan fingerprint density at radius 3 is 2.20 bits per heavy atom. The number of carbonyl (C=O) groups excluding carboxylic acids is 2. The molecule has 3 unspecified atom stereocenters. The number of aryl methyl sites for hydroxylation is 2. The van der Waals surface area contributed by atoms with Crippen molar-refractivity contribution >= 4 is 33.6 Å². The predicted octanol–water partition coefficient (Wildman–Crippen LogP) is 4.95. The highest BCUT2D eigenvalue weighted by atomic mass is 19.2. The van der Waals surface area contributed by atoms with Crippen LogP contribution in [0.1, 0.15) is 51.6 Å². The molecule has 40 heavy (non-hydrogen) atoms. The number of H-pyrrole nitrogens is 1. The Bertz CT molecular complexity index is 1690. The average molecular weight is 559 g/mol. The van der Waals surface area contributed by atoms with Crippen molar-refractivity contribution in [3.05, 3.63) is 69.8 Å². The standard InChI is InChI=1S/C22H12F4N2O2.C7H14O3/c1-7-3-11(23)12(24)4-9(7)16-8(2)20-17(19-18(16)21(29)28-22(19)30)10-5-13(25)14(26)6-15(10)27-20;1-5-2-6(9)3-7(4-8)10-5/h3-6,27H,1-2H3,(H,28,29,30);5-9H,2-4H2,1H3. The lowest BCUT2D eigenvalue weighted by Crippen LogP contribution is -2.35. The number of aromatic amines is 1. The zero-order valence-corrected chi connectivity index (χ0v) is 21.8. The molecule has 0 radical (unpaired) electrons. The minimum absolute atomic E-state index is 0.00950. The average Bonchev–Trinajstić information content (AvgIpc) is 3.38. The number of aliphatic hydroxyl groups is 2. The van der Waals surface area contributed by atoms with Gasteiger partial charge in [-0.15, -0.1) is 0 Å². The molecule has 3 atom stereocenters. The Kier molecular flexibility index (Phi) is 7.15. The molecule has 4 N–H and O–H groups in total. The number of rotatable bonds is 2. The maximum Gasteiger partial charge on any atom is 0.259 e. The van der Waals surface area contributed by atoms with E-state index in [0.29, 0.717) is 29.5 Å². The first-order chi connectivity index (χ1) is 18.9. The van der Waals surface area contributed by atoms with E-state index >= 15 is 0 Å². The molecule has 1 fully saturated rings. The van der Waals surface area contributed by atoms with Crippen molar-refractivity contribution < 1.29 is 42.1 Å². The highest BCUT2D eigenvalue weighted by Crippen LogP contribution is 2.43. The number of carbonyl (C=O) groups is 2. The molecule has 6 rings (SSSR count). The fourth-order valence-electron chi connectivity index (χ4n) is 5.57. The number of halogens is 4. The highest BCUT2D eigenvalue weighted by Gasteiger charge is 2.36. The quantitative estimate of drug-likeness (QED) is 0.206. The Morgan fingerprint density at radius 1 is 0.900 bits per heavy atom. The van der Waals surface area contributed by atoms with Crippen molar-refractivity contribution in [1.29, 1.82) is 0 Å². The lowest BCUT2D eigenvalue weighted by Gasteiger charge is -2.29. The van der Waals surface area contributed by atoms with Crippen molar-refractivity contribution in [2.24, 2.45) is 0 Å². The number of fused-ring (bicyclic) bond motifs is 5. The minimum atomic E-state index is -1.10. The molecule has 1 aromatic heterocycles. The second-order valence-corrected chi connectivity index (χ2v) is 10.2. The summed E-state index contributed by atoms with van der Waals surface area (Å²) in [7, 11) is 0. The molecule has 3 aromatic carbocycles. The second-order valence-electron chi connectivity index (χ2n) is 10.2. The van der Waals surface area contributed by atoms with Crippen LogP contribution in [0.25, 0.3) is 32.9 Å². The monoisotopic (exact) mass is 558 g/mol. The van der Waals surface area contributed by atoms with Gasteiger partial charge in [-0.3, -0.25) is 14.9 Å². The summed E-state index contributed by atoms with van der Waals surface area (Å²) in [6, 6.07) is 3.90. The van der Waals surface area contributed by atoms with Gasteiger partial charge in [0.2, 0.25) is 0 Å². The number of nitrogens with one attached hydrogen (secondary N) is 2. The van der Waals surface area contributed by atoms with E-state index in [1.807, 2.05) is 6.92 Å². The molecular formula is C29H26F4N2O5. The van der Waals surface area contributed by atoms with Crippen molar-refractivity contribution in [3.8, 4) is 11.1 Å². The summed E-state index contributed by atoms with van der Waals surface area (Å²) in [6.45, 7) is 5.11. The van der Waals surface area contributed by atoms with E-state index in [2.05, 4.69) is 10.3 Å². The largest absolute Gasteiger partial charge is 0.394 e. The van der Waals surface area contributed by atoms with Crippen LogP contribution in [0.2, 0.25) is 0 Å². The predicted molar refractivity (Wildman–Crippen MR) is 139 cm³/mol. The summed E-state index contributed by atoms with van der Waals surface area (Å²) >= 11 is 0. The van der Waals surface area contributed by atoms with Gasteiger partial charge in [0.15, 0.2) is 23.3 Å². The second kappa shape index (κ2) is 10.3. The third-order valence-electron chi connectivity index (χ3n) is 7.32. The molecule has 2 aliphatic heterocycles. The molecule has 7 nitrogen and oxygen atoms in total. The van der Waals surface area contributed by atoms with E-state index in [1.54, 1.807) is 13.8 Å². The number of ether oxygens (including phenoxy) is 1. The fraction of sp³-hybridized carbons (Fsp3) is 0.310. The Hall–Kier alpha value is -3.80. The number of imide groups is 1. The maximum atomic E-state index is 14.0. The number of amides is 2. The highest BCUT2D eigenvalue weighted by molar-refractivity contribution is 6.33. The number of benzene rings is 3. The van der Waals surface area contributed by atoms with Gasteiger partial charge in [-0.2, -0.15) is 0 Å². The Labute approximate surface area is 225 Å². The van der Waals surface area contributed by atoms with Crippen LogP contribution in [-0.2, 0) is 4.74 Å². The van der Waals surface area contributed by atoms with Crippen LogP contribution in [-0.4, -0.2) is 51.9 Å². The van der Waals surface area contributed by atoms with Gasteiger partial charge in [0.05, 0.1) is 41.6 Å². The summed E-state index contributed by atoms with van der Waals surface area (Å²) in [5.74, 6) is -5.71. The molecule has 210 valence electrons. The maximum absolute atomic E-state index is 14.0. The van der Waals surface area contributed by atoms with Gasteiger partial charge in [-0.25, -0.2) is 17.6 Å². The topological polar surface area (TPSA) is 112 Å². The van der Waals surface area contributed by atoms with Gasteiger partial charge >= 0.3 is 0 Å². The smallest absolute Gasteiger partial charge is 0.259 e.